The molecule has 0 aliphatic heterocycles. The van der Waals surface area contributed by atoms with E-state index in [1.54, 1.807) is 17.1 Å². The molecule has 0 bridgehead atoms. The van der Waals surface area contributed by atoms with Crippen molar-refractivity contribution < 1.29 is 9.21 Å². The summed E-state index contributed by atoms with van der Waals surface area (Å²) in [6, 6.07) is 4.05. The van der Waals surface area contributed by atoms with Crippen LogP contribution < -0.4 is 5.32 Å². The third kappa shape index (κ3) is 1.90. The molecule has 1 N–H and O–H groups in total. The van der Waals surface area contributed by atoms with Gasteiger partial charge in [-0.3, -0.25) is 9.48 Å². The quantitative estimate of drug-likeness (QED) is 0.933. The Morgan fingerprint density at radius 3 is 3.00 bits per heavy atom. The van der Waals surface area contributed by atoms with E-state index in [0.29, 0.717) is 5.92 Å². The summed E-state index contributed by atoms with van der Waals surface area (Å²) in [6.07, 6.45) is 7.92. The number of rotatable bonds is 4. The van der Waals surface area contributed by atoms with Gasteiger partial charge >= 0.3 is 0 Å². The number of hydrogen-bond donors (Lipinski definition) is 1. The van der Waals surface area contributed by atoms with E-state index >= 15 is 0 Å². The van der Waals surface area contributed by atoms with Gasteiger partial charge in [0.1, 0.15) is 11.3 Å². The second-order valence-corrected chi connectivity index (χ2v) is 6.49. The minimum atomic E-state index is -0.470. The number of carbonyl (C=O) groups excluding carboxylic acids is 1. The highest BCUT2D eigenvalue weighted by molar-refractivity contribution is 9.10. The molecule has 0 aromatic carbocycles. The van der Waals surface area contributed by atoms with Crippen LogP contribution in [0.5, 0.6) is 0 Å². The number of carbonyl (C=O) groups is 1. The summed E-state index contributed by atoms with van der Waals surface area (Å²) < 4.78 is 8.06. The predicted molar refractivity (Wildman–Crippen MR) is 75.1 cm³/mol. The first-order valence-electron chi connectivity index (χ1n) is 6.74. The molecule has 6 heteroatoms. The first-order chi connectivity index (χ1) is 9.69. The van der Waals surface area contributed by atoms with Gasteiger partial charge in [0.2, 0.25) is 5.91 Å². The second-order valence-electron chi connectivity index (χ2n) is 5.57. The molecule has 4 rings (SSSR count). The normalized spacial score (nSPS) is 26.2. The van der Waals surface area contributed by atoms with E-state index in [-0.39, 0.29) is 11.9 Å². The van der Waals surface area contributed by atoms with Crippen molar-refractivity contribution in [1.82, 2.24) is 15.1 Å². The van der Waals surface area contributed by atoms with Crippen molar-refractivity contribution in [1.29, 1.82) is 0 Å². The number of furan rings is 1. The Morgan fingerprint density at radius 1 is 1.55 bits per heavy atom. The molecule has 0 unspecified atom stereocenters. The smallest absolute Gasteiger partial charge is 0.248 e. The summed E-state index contributed by atoms with van der Waals surface area (Å²) in [5.74, 6) is 1.36. The van der Waals surface area contributed by atoms with Crippen molar-refractivity contribution in [3.8, 4) is 0 Å². The predicted octanol–water partition coefficient (Wildman–Crippen LogP) is 2.40. The van der Waals surface area contributed by atoms with Gasteiger partial charge < -0.3 is 9.73 Å². The van der Waals surface area contributed by atoms with Gasteiger partial charge in [-0.05, 0) is 47.3 Å². The van der Waals surface area contributed by atoms with Crippen LogP contribution in [-0.4, -0.2) is 21.7 Å². The van der Waals surface area contributed by atoms with Crippen LogP contribution in [0.2, 0.25) is 0 Å². The molecule has 1 amide bonds. The fourth-order valence-corrected chi connectivity index (χ4v) is 2.97. The van der Waals surface area contributed by atoms with Crippen molar-refractivity contribution in [3.63, 3.8) is 0 Å². The average Bonchev–Trinajstić information content (AvgIpc) is 3.29. The third-order valence-corrected chi connectivity index (χ3v) is 4.56. The Kier molecular flexibility index (Phi) is 2.57. The summed E-state index contributed by atoms with van der Waals surface area (Å²) in [6.45, 7) is 0. The number of amides is 1. The van der Waals surface area contributed by atoms with Crippen LogP contribution in [0.1, 0.15) is 30.9 Å². The van der Waals surface area contributed by atoms with Crippen LogP contribution in [0.3, 0.4) is 0 Å². The molecule has 0 spiro atoms. The molecule has 2 atom stereocenters. The Labute approximate surface area is 124 Å². The molecule has 20 heavy (non-hydrogen) atoms. The van der Waals surface area contributed by atoms with Crippen molar-refractivity contribution in [3.05, 3.63) is 41.0 Å². The average molecular weight is 336 g/mol. The third-order valence-electron chi connectivity index (χ3n) is 4.15. The molecule has 2 aromatic rings. The molecule has 2 aliphatic carbocycles. The lowest BCUT2D eigenvalue weighted by Gasteiger charge is -2.15. The van der Waals surface area contributed by atoms with Crippen molar-refractivity contribution in [2.24, 2.45) is 0 Å². The molecule has 0 saturated heterocycles. The number of halogens is 1. The van der Waals surface area contributed by atoms with E-state index in [4.69, 9.17) is 4.42 Å². The van der Waals surface area contributed by atoms with E-state index < -0.39 is 5.54 Å². The monoisotopic (exact) mass is 335 g/mol. The zero-order valence-electron chi connectivity index (χ0n) is 10.8. The highest BCUT2D eigenvalue weighted by atomic mass is 79.9. The Morgan fingerprint density at radius 2 is 2.40 bits per heavy atom. The fourth-order valence-electron chi connectivity index (χ4n) is 2.69. The van der Waals surface area contributed by atoms with Gasteiger partial charge in [0.05, 0.1) is 16.9 Å². The molecular formula is C14H14BrN3O2. The van der Waals surface area contributed by atoms with Gasteiger partial charge in [-0.1, -0.05) is 0 Å². The second kappa shape index (κ2) is 4.22. The van der Waals surface area contributed by atoms with E-state index in [0.717, 1.165) is 29.5 Å². The van der Waals surface area contributed by atoms with Gasteiger partial charge in [0.25, 0.3) is 0 Å². The summed E-state index contributed by atoms with van der Waals surface area (Å²) in [5, 5.41) is 7.39. The fraction of sp³-hybridized carbons (Fsp3) is 0.429. The van der Waals surface area contributed by atoms with Gasteiger partial charge in [-0.25, -0.2) is 0 Å². The molecule has 2 aliphatic rings. The van der Waals surface area contributed by atoms with E-state index in [2.05, 4.69) is 26.3 Å². The molecule has 2 saturated carbocycles. The number of nitrogens with zero attached hydrogens (tertiary/aromatic N) is 2. The van der Waals surface area contributed by atoms with Crippen molar-refractivity contribution in [2.75, 3.05) is 0 Å². The summed E-state index contributed by atoms with van der Waals surface area (Å²) >= 11 is 3.37. The molecule has 104 valence electrons. The summed E-state index contributed by atoms with van der Waals surface area (Å²) in [7, 11) is 0. The minimum Gasteiger partial charge on any atom is -0.469 e. The standard InChI is InChI=1S/C14H14BrN3O2/c15-9-7-16-18(8-9)14(3-4-14)13(19)17-11-6-10(11)12-2-1-5-20-12/h1-2,5,7-8,10-11H,3-4,6H2,(H,17,19)/t10-,11-/m1/s1. The van der Waals surface area contributed by atoms with Crippen molar-refractivity contribution >= 4 is 21.8 Å². The highest BCUT2D eigenvalue weighted by Gasteiger charge is 2.55. The van der Waals surface area contributed by atoms with E-state index in [1.165, 1.54) is 0 Å². The van der Waals surface area contributed by atoms with E-state index in [9.17, 15) is 4.79 Å². The summed E-state index contributed by atoms with van der Waals surface area (Å²) in [4.78, 5) is 12.5. The topological polar surface area (TPSA) is 60.1 Å². The lowest BCUT2D eigenvalue weighted by atomic mass is 10.2. The Bertz CT molecular complexity index is 645. The van der Waals surface area contributed by atoms with Gasteiger partial charge in [-0.15, -0.1) is 0 Å². The van der Waals surface area contributed by atoms with Gasteiger partial charge in [0, 0.05) is 18.2 Å². The first-order valence-corrected chi connectivity index (χ1v) is 7.53. The molecule has 2 aromatic heterocycles. The maximum absolute atomic E-state index is 12.5. The lowest BCUT2D eigenvalue weighted by molar-refractivity contribution is -0.126. The van der Waals surface area contributed by atoms with Crippen molar-refractivity contribution in [2.45, 2.75) is 36.8 Å². The molecule has 5 nitrogen and oxygen atoms in total. The van der Waals surface area contributed by atoms with Crippen LogP contribution in [-0.2, 0) is 10.3 Å². The van der Waals surface area contributed by atoms with Gasteiger partial charge in [-0.2, -0.15) is 5.10 Å². The highest BCUT2D eigenvalue weighted by Crippen LogP contribution is 2.46. The lowest BCUT2D eigenvalue weighted by Crippen LogP contribution is -2.40. The molecule has 0 radical (unpaired) electrons. The van der Waals surface area contributed by atoms with Crippen LogP contribution in [0.25, 0.3) is 0 Å². The number of hydrogen-bond acceptors (Lipinski definition) is 3. The van der Waals surface area contributed by atoms with Crippen LogP contribution in [0.15, 0.2) is 39.7 Å². The van der Waals surface area contributed by atoms with Crippen LogP contribution in [0, 0.1) is 0 Å². The SMILES string of the molecule is O=C(N[C@@H]1C[C@H]1c1ccco1)C1(n2cc(Br)cn2)CC1. The largest absolute Gasteiger partial charge is 0.469 e. The summed E-state index contributed by atoms with van der Waals surface area (Å²) in [5.41, 5.74) is -0.470. The maximum Gasteiger partial charge on any atom is 0.248 e. The van der Waals surface area contributed by atoms with E-state index in [1.807, 2.05) is 18.3 Å². The van der Waals surface area contributed by atoms with Crippen LogP contribution in [0.4, 0.5) is 0 Å². The Balaban J connectivity index is 1.44. The van der Waals surface area contributed by atoms with Crippen LogP contribution >= 0.6 is 15.9 Å². The minimum absolute atomic E-state index is 0.0761. The number of aromatic nitrogens is 2. The Hall–Kier alpha value is -1.56. The molecule has 2 fully saturated rings. The maximum atomic E-state index is 12.5. The zero-order chi connectivity index (χ0) is 13.7. The van der Waals surface area contributed by atoms with Gasteiger partial charge in [0.15, 0.2) is 0 Å². The molecule has 2 heterocycles. The first kappa shape index (κ1) is 12.2. The zero-order valence-corrected chi connectivity index (χ0v) is 12.3. The molecular weight excluding hydrogens is 322 g/mol. The number of nitrogens with one attached hydrogen (secondary N) is 1.